The first-order valence-corrected chi connectivity index (χ1v) is 6.61. The maximum Gasteiger partial charge on any atom is 0.211 e. The van der Waals surface area contributed by atoms with E-state index >= 15 is 0 Å². The topological polar surface area (TPSA) is 48.4 Å². The molecule has 20 heavy (non-hydrogen) atoms. The number of pyridine rings is 1. The standard InChI is InChI=1S/C16H17NO3/c1-3-19-14-9-8-12(11-15(14)20-4-2)16(18)13-7-5-6-10-17-13/h5-11H,3-4H2,1-2H3. The van der Waals surface area contributed by atoms with E-state index in [0.717, 1.165) is 0 Å². The number of carbonyl (C=O) groups excluding carboxylic acids is 1. The van der Waals surface area contributed by atoms with E-state index in [1.54, 1.807) is 42.6 Å². The zero-order chi connectivity index (χ0) is 14.4. The van der Waals surface area contributed by atoms with E-state index in [9.17, 15) is 4.79 Å². The summed E-state index contributed by atoms with van der Waals surface area (Å²) in [6.45, 7) is 4.86. The van der Waals surface area contributed by atoms with Crippen molar-refractivity contribution < 1.29 is 14.3 Å². The summed E-state index contributed by atoms with van der Waals surface area (Å²) >= 11 is 0. The molecule has 0 aliphatic heterocycles. The lowest BCUT2D eigenvalue weighted by atomic mass is 10.1. The fourth-order valence-corrected chi connectivity index (χ4v) is 1.84. The molecule has 1 aromatic heterocycles. The van der Waals surface area contributed by atoms with E-state index in [2.05, 4.69) is 4.98 Å². The van der Waals surface area contributed by atoms with Crippen LogP contribution in [-0.4, -0.2) is 24.0 Å². The minimum absolute atomic E-state index is 0.130. The lowest BCUT2D eigenvalue weighted by Crippen LogP contribution is -2.05. The van der Waals surface area contributed by atoms with E-state index in [1.807, 2.05) is 13.8 Å². The van der Waals surface area contributed by atoms with Gasteiger partial charge in [-0.3, -0.25) is 9.78 Å². The van der Waals surface area contributed by atoms with Crippen LogP contribution in [0.3, 0.4) is 0 Å². The van der Waals surface area contributed by atoms with Crippen LogP contribution in [-0.2, 0) is 0 Å². The van der Waals surface area contributed by atoms with Gasteiger partial charge in [0.1, 0.15) is 5.69 Å². The third-order valence-corrected chi connectivity index (χ3v) is 2.70. The van der Waals surface area contributed by atoms with Crippen LogP contribution in [0.25, 0.3) is 0 Å². The number of hydrogen-bond acceptors (Lipinski definition) is 4. The van der Waals surface area contributed by atoms with Crippen LogP contribution in [0.4, 0.5) is 0 Å². The first-order chi connectivity index (χ1) is 9.76. The summed E-state index contributed by atoms with van der Waals surface area (Å²) in [5, 5.41) is 0. The quantitative estimate of drug-likeness (QED) is 0.757. The van der Waals surface area contributed by atoms with Crippen molar-refractivity contribution in [2.45, 2.75) is 13.8 Å². The number of benzene rings is 1. The summed E-state index contributed by atoms with van der Waals surface area (Å²) in [4.78, 5) is 16.4. The first-order valence-electron chi connectivity index (χ1n) is 6.61. The van der Waals surface area contributed by atoms with Gasteiger partial charge in [0, 0.05) is 11.8 Å². The van der Waals surface area contributed by atoms with Gasteiger partial charge in [-0.05, 0) is 44.2 Å². The number of carbonyl (C=O) groups is 1. The molecule has 4 heteroatoms. The van der Waals surface area contributed by atoms with Crippen molar-refractivity contribution in [3.8, 4) is 11.5 Å². The fourth-order valence-electron chi connectivity index (χ4n) is 1.84. The maximum absolute atomic E-state index is 12.3. The smallest absolute Gasteiger partial charge is 0.211 e. The molecule has 0 amide bonds. The molecule has 0 bridgehead atoms. The Morgan fingerprint density at radius 2 is 1.80 bits per heavy atom. The highest BCUT2D eigenvalue weighted by Crippen LogP contribution is 2.29. The minimum atomic E-state index is -0.130. The maximum atomic E-state index is 12.3. The van der Waals surface area contributed by atoms with Gasteiger partial charge in [0.15, 0.2) is 11.5 Å². The molecule has 2 rings (SSSR count). The van der Waals surface area contributed by atoms with Gasteiger partial charge < -0.3 is 9.47 Å². The molecule has 0 spiro atoms. The molecule has 0 fully saturated rings. The van der Waals surface area contributed by atoms with Crippen LogP contribution >= 0.6 is 0 Å². The molecule has 0 unspecified atom stereocenters. The Morgan fingerprint density at radius 1 is 1.05 bits per heavy atom. The molecule has 0 aliphatic rings. The summed E-state index contributed by atoms with van der Waals surface area (Å²) in [5.74, 6) is 1.10. The molecule has 0 saturated heterocycles. The fraction of sp³-hybridized carbons (Fsp3) is 0.250. The second-order valence-electron chi connectivity index (χ2n) is 4.07. The zero-order valence-corrected chi connectivity index (χ0v) is 11.6. The average Bonchev–Trinajstić information content (AvgIpc) is 2.50. The van der Waals surface area contributed by atoms with Crippen molar-refractivity contribution in [2.75, 3.05) is 13.2 Å². The summed E-state index contributed by atoms with van der Waals surface area (Å²) < 4.78 is 11.0. The van der Waals surface area contributed by atoms with Crippen molar-refractivity contribution in [2.24, 2.45) is 0 Å². The normalized spacial score (nSPS) is 10.1. The Kier molecular flexibility index (Phi) is 4.71. The predicted octanol–water partition coefficient (Wildman–Crippen LogP) is 3.11. The molecule has 1 heterocycles. The van der Waals surface area contributed by atoms with Gasteiger partial charge in [0.25, 0.3) is 0 Å². The largest absolute Gasteiger partial charge is 0.490 e. The molecule has 0 saturated carbocycles. The summed E-state index contributed by atoms with van der Waals surface area (Å²) in [6.07, 6.45) is 1.60. The third kappa shape index (κ3) is 3.15. The second-order valence-corrected chi connectivity index (χ2v) is 4.07. The zero-order valence-electron chi connectivity index (χ0n) is 11.6. The molecule has 0 aliphatic carbocycles. The Balaban J connectivity index is 2.33. The van der Waals surface area contributed by atoms with Gasteiger partial charge in [-0.1, -0.05) is 6.07 Å². The molecular weight excluding hydrogens is 254 g/mol. The predicted molar refractivity (Wildman–Crippen MR) is 76.4 cm³/mol. The van der Waals surface area contributed by atoms with Crippen LogP contribution in [0.2, 0.25) is 0 Å². The van der Waals surface area contributed by atoms with E-state index in [0.29, 0.717) is 36.0 Å². The van der Waals surface area contributed by atoms with Gasteiger partial charge in [-0.15, -0.1) is 0 Å². The van der Waals surface area contributed by atoms with E-state index in [-0.39, 0.29) is 5.78 Å². The molecule has 0 atom stereocenters. The van der Waals surface area contributed by atoms with Gasteiger partial charge in [0.2, 0.25) is 5.78 Å². The van der Waals surface area contributed by atoms with Gasteiger partial charge >= 0.3 is 0 Å². The van der Waals surface area contributed by atoms with Crippen molar-refractivity contribution in [1.29, 1.82) is 0 Å². The number of ketones is 1. The highest BCUT2D eigenvalue weighted by Gasteiger charge is 2.13. The first kappa shape index (κ1) is 14.1. The van der Waals surface area contributed by atoms with Crippen molar-refractivity contribution in [3.05, 3.63) is 53.9 Å². The van der Waals surface area contributed by atoms with Crippen LogP contribution in [0, 0.1) is 0 Å². The Morgan fingerprint density at radius 3 is 2.45 bits per heavy atom. The molecule has 104 valence electrons. The second kappa shape index (κ2) is 6.70. The van der Waals surface area contributed by atoms with E-state index in [1.165, 1.54) is 0 Å². The summed E-state index contributed by atoms with van der Waals surface area (Å²) in [7, 11) is 0. The molecule has 4 nitrogen and oxygen atoms in total. The Labute approximate surface area is 118 Å². The van der Waals surface area contributed by atoms with Gasteiger partial charge in [0.05, 0.1) is 13.2 Å². The Bertz CT molecular complexity index is 582. The highest BCUT2D eigenvalue weighted by molar-refractivity contribution is 6.08. The molecule has 0 radical (unpaired) electrons. The third-order valence-electron chi connectivity index (χ3n) is 2.70. The SMILES string of the molecule is CCOc1ccc(C(=O)c2ccccn2)cc1OCC. The number of nitrogens with zero attached hydrogens (tertiary/aromatic N) is 1. The minimum Gasteiger partial charge on any atom is -0.490 e. The molecular formula is C16H17NO3. The number of hydrogen-bond donors (Lipinski definition) is 0. The van der Waals surface area contributed by atoms with Crippen LogP contribution in [0.15, 0.2) is 42.6 Å². The number of rotatable bonds is 6. The van der Waals surface area contributed by atoms with Crippen molar-refractivity contribution in [3.63, 3.8) is 0 Å². The number of aromatic nitrogens is 1. The highest BCUT2D eigenvalue weighted by atomic mass is 16.5. The monoisotopic (exact) mass is 271 g/mol. The summed E-state index contributed by atoms with van der Waals surface area (Å²) in [6, 6.07) is 10.4. The molecule has 2 aromatic rings. The Hall–Kier alpha value is -2.36. The average molecular weight is 271 g/mol. The molecule has 1 aromatic carbocycles. The van der Waals surface area contributed by atoms with Crippen LogP contribution < -0.4 is 9.47 Å². The number of ether oxygens (including phenoxy) is 2. The lowest BCUT2D eigenvalue weighted by molar-refractivity contribution is 0.103. The summed E-state index contributed by atoms with van der Waals surface area (Å²) in [5.41, 5.74) is 0.953. The van der Waals surface area contributed by atoms with Crippen molar-refractivity contribution in [1.82, 2.24) is 4.98 Å². The van der Waals surface area contributed by atoms with Gasteiger partial charge in [-0.2, -0.15) is 0 Å². The van der Waals surface area contributed by atoms with E-state index < -0.39 is 0 Å². The van der Waals surface area contributed by atoms with Gasteiger partial charge in [-0.25, -0.2) is 0 Å². The van der Waals surface area contributed by atoms with Crippen LogP contribution in [0.1, 0.15) is 29.9 Å². The van der Waals surface area contributed by atoms with E-state index in [4.69, 9.17) is 9.47 Å². The van der Waals surface area contributed by atoms with Crippen LogP contribution in [0.5, 0.6) is 11.5 Å². The molecule has 0 N–H and O–H groups in total. The lowest BCUT2D eigenvalue weighted by Gasteiger charge is -2.11. The van der Waals surface area contributed by atoms with Crippen molar-refractivity contribution >= 4 is 5.78 Å².